The minimum atomic E-state index is -0.0502. The number of aromatic nitrogens is 2. The number of rotatable bonds is 7. The van der Waals surface area contributed by atoms with Crippen molar-refractivity contribution in [3.8, 4) is 0 Å². The minimum Gasteiger partial charge on any atom is -0.394 e. The second kappa shape index (κ2) is 7.18. The zero-order chi connectivity index (χ0) is 17.1. The number of nitrogens with one attached hydrogen (secondary N) is 2. The predicted octanol–water partition coefficient (Wildman–Crippen LogP) is 3.83. The maximum atomic E-state index is 9.56. The first-order valence-electron chi connectivity index (χ1n) is 8.66. The van der Waals surface area contributed by atoms with Crippen LogP contribution in [0.25, 0.3) is 0 Å². The molecular formula is C19H26N4O. The Labute approximate surface area is 143 Å². The van der Waals surface area contributed by atoms with E-state index >= 15 is 0 Å². The van der Waals surface area contributed by atoms with Crippen LogP contribution in [0.2, 0.25) is 0 Å². The molecule has 1 atom stereocenters. The quantitative estimate of drug-likeness (QED) is 0.721. The molecule has 5 nitrogen and oxygen atoms in total. The summed E-state index contributed by atoms with van der Waals surface area (Å²) in [5, 5.41) is 16.2. The van der Waals surface area contributed by atoms with Gasteiger partial charge in [0.25, 0.3) is 0 Å². The number of aryl methyl sites for hydroxylation is 1. The number of anilines is 3. The smallest absolute Gasteiger partial charge is 0.225 e. The van der Waals surface area contributed by atoms with Gasteiger partial charge in [0.2, 0.25) is 5.95 Å². The Morgan fingerprint density at radius 2 is 1.96 bits per heavy atom. The Hall–Kier alpha value is -2.14. The zero-order valence-electron chi connectivity index (χ0n) is 14.6. The van der Waals surface area contributed by atoms with E-state index in [0.29, 0.717) is 17.8 Å². The van der Waals surface area contributed by atoms with E-state index < -0.39 is 0 Å². The lowest BCUT2D eigenvalue weighted by atomic mass is 10.1. The Balaban J connectivity index is 1.87. The fourth-order valence-corrected chi connectivity index (χ4v) is 2.62. The van der Waals surface area contributed by atoms with Crippen LogP contribution in [0, 0.1) is 12.8 Å². The van der Waals surface area contributed by atoms with Crippen molar-refractivity contribution in [3.63, 3.8) is 0 Å². The van der Waals surface area contributed by atoms with Gasteiger partial charge in [-0.15, -0.1) is 0 Å². The summed E-state index contributed by atoms with van der Waals surface area (Å²) in [5.74, 6) is 2.22. The zero-order valence-corrected chi connectivity index (χ0v) is 14.6. The van der Waals surface area contributed by atoms with Gasteiger partial charge in [0.1, 0.15) is 5.82 Å². The monoisotopic (exact) mass is 326 g/mol. The summed E-state index contributed by atoms with van der Waals surface area (Å²) in [5.41, 5.74) is 3.30. The van der Waals surface area contributed by atoms with Crippen molar-refractivity contribution in [2.45, 2.75) is 45.6 Å². The fraction of sp³-hybridized carbons (Fsp3) is 0.474. The summed E-state index contributed by atoms with van der Waals surface area (Å²) in [6, 6.07) is 10.1. The summed E-state index contributed by atoms with van der Waals surface area (Å²) >= 11 is 0. The van der Waals surface area contributed by atoms with E-state index in [0.717, 1.165) is 17.2 Å². The second-order valence-electron chi connectivity index (χ2n) is 6.89. The van der Waals surface area contributed by atoms with Crippen LogP contribution in [-0.4, -0.2) is 27.7 Å². The molecule has 0 saturated heterocycles. The van der Waals surface area contributed by atoms with Gasteiger partial charge in [-0.25, -0.2) is 4.98 Å². The molecule has 0 bridgehead atoms. The van der Waals surface area contributed by atoms with Crippen LogP contribution in [0.15, 0.2) is 30.3 Å². The van der Waals surface area contributed by atoms with Gasteiger partial charge in [-0.2, -0.15) is 4.98 Å². The number of nitrogens with zero attached hydrogens (tertiary/aromatic N) is 2. The lowest BCUT2D eigenvalue weighted by Gasteiger charge is -2.21. The van der Waals surface area contributed by atoms with E-state index in [1.807, 2.05) is 24.3 Å². The van der Waals surface area contributed by atoms with E-state index in [9.17, 15) is 5.11 Å². The number of hydrogen-bond donors (Lipinski definition) is 3. The fourth-order valence-electron chi connectivity index (χ4n) is 2.62. The van der Waals surface area contributed by atoms with Crippen LogP contribution < -0.4 is 10.6 Å². The van der Waals surface area contributed by atoms with Gasteiger partial charge in [-0.1, -0.05) is 32.0 Å². The molecule has 1 aliphatic carbocycles. The molecule has 0 amide bonds. The van der Waals surface area contributed by atoms with E-state index in [2.05, 4.69) is 47.4 Å². The van der Waals surface area contributed by atoms with Gasteiger partial charge in [-0.05, 0) is 37.3 Å². The Bertz CT molecular complexity index is 698. The maximum absolute atomic E-state index is 9.56. The molecule has 128 valence electrons. The van der Waals surface area contributed by atoms with Gasteiger partial charge in [0.05, 0.1) is 18.3 Å². The van der Waals surface area contributed by atoms with Crippen LogP contribution in [0.1, 0.15) is 43.9 Å². The third-order valence-electron chi connectivity index (χ3n) is 4.47. The molecule has 1 saturated carbocycles. The standard InChI is InChI=1S/C19H26N4O/c1-12(2)17(11-24)22-19-21-16(14-8-9-14)10-18(23-19)20-15-7-5-4-6-13(15)3/h4-7,10,12,14,17,24H,8-9,11H2,1-3H3,(H2,20,21,22,23)/t17-/m1/s1. The third kappa shape index (κ3) is 4.03. The molecule has 2 aromatic rings. The molecular weight excluding hydrogens is 300 g/mol. The summed E-state index contributed by atoms with van der Waals surface area (Å²) in [6.07, 6.45) is 2.38. The van der Waals surface area contributed by atoms with Crippen LogP contribution in [-0.2, 0) is 0 Å². The molecule has 0 spiro atoms. The Morgan fingerprint density at radius 1 is 1.21 bits per heavy atom. The van der Waals surface area contributed by atoms with Crippen LogP contribution in [0.5, 0.6) is 0 Å². The molecule has 5 heteroatoms. The van der Waals surface area contributed by atoms with Crippen molar-refractivity contribution in [2.75, 3.05) is 17.2 Å². The largest absolute Gasteiger partial charge is 0.394 e. The lowest BCUT2D eigenvalue weighted by Crippen LogP contribution is -2.30. The Kier molecular flexibility index (Phi) is 5.00. The summed E-state index contributed by atoms with van der Waals surface area (Å²) in [4.78, 5) is 9.26. The highest BCUT2D eigenvalue weighted by molar-refractivity contribution is 5.61. The van der Waals surface area contributed by atoms with Crippen LogP contribution in [0.3, 0.4) is 0 Å². The lowest BCUT2D eigenvalue weighted by molar-refractivity contribution is 0.248. The molecule has 0 aliphatic heterocycles. The molecule has 3 rings (SSSR count). The molecule has 1 aromatic heterocycles. The van der Waals surface area contributed by atoms with Crippen molar-refractivity contribution in [3.05, 3.63) is 41.6 Å². The predicted molar refractivity (Wildman–Crippen MR) is 97.8 cm³/mol. The number of hydrogen-bond acceptors (Lipinski definition) is 5. The highest BCUT2D eigenvalue weighted by Gasteiger charge is 2.26. The Morgan fingerprint density at radius 3 is 2.58 bits per heavy atom. The average Bonchev–Trinajstić information content (AvgIpc) is 3.39. The summed E-state index contributed by atoms with van der Waals surface area (Å²) in [6.45, 7) is 6.29. The topological polar surface area (TPSA) is 70.1 Å². The van der Waals surface area contributed by atoms with E-state index in [1.54, 1.807) is 0 Å². The van der Waals surface area contributed by atoms with Crippen molar-refractivity contribution >= 4 is 17.5 Å². The van der Waals surface area contributed by atoms with Gasteiger partial charge in [0, 0.05) is 17.7 Å². The van der Waals surface area contributed by atoms with Crippen molar-refractivity contribution in [1.82, 2.24) is 9.97 Å². The van der Waals surface area contributed by atoms with Gasteiger partial charge < -0.3 is 15.7 Å². The van der Waals surface area contributed by atoms with E-state index in [4.69, 9.17) is 0 Å². The number of aliphatic hydroxyl groups is 1. The van der Waals surface area contributed by atoms with Crippen molar-refractivity contribution in [2.24, 2.45) is 5.92 Å². The average molecular weight is 326 g/mol. The molecule has 3 N–H and O–H groups in total. The first-order valence-corrected chi connectivity index (χ1v) is 8.66. The van der Waals surface area contributed by atoms with Crippen molar-refractivity contribution < 1.29 is 5.11 Å². The van der Waals surface area contributed by atoms with Crippen LogP contribution >= 0.6 is 0 Å². The molecule has 24 heavy (non-hydrogen) atoms. The molecule has 1 fully saturated rings. The second-order valence-corrected chi connectivity index (χ2v) is 6.89. The van der Waals surface area contributed by atoms with Gasteiger partial charge in [-0.3, -0.25) is 0 Å². The highest BCUT2D eigenvalue weighted by atomic mass is 16.3. The molecule has 1 aromatic carbocycles. The first-order chi connectivity index (χ1) is 11.6. The number of benzene rings is 1. The number of para-hydroxylation sites is 1. The van der Waals surface area contributed by atoms with Gasteiger partial charge in [0.15, 0.2) is 0 Å². The molecule has 1 aliphatic rings. The molecule has 0 unspecified atom stereocenters. The van der Waals surface area contributed by atoms with E-state index in [-0.39, 0.29) is 12.6 Å². The first kappa shape index (κ1) is 16.7. The normalized spacial score (nSPS) is 15.4. The van der Waals surface area contributed by atoms with Crippen LogP contribution in [0.4, 0.5) is 17.5 Å². The highest BCUT2D eigenvalue weighted by Crippen LogP contribution is 2.40. The van der Waals surface area contributed by atoms with Crippen molar-refractivity contribution in [1.29, 1.82) is 0 Å². The maximum Gasteiger partial charge on any atom is 0.225 e. The SMILES string of the molecule is Cc1ccccc1Nc1cc(C2CC2)nc(N[C@H](CO)C(C)C)n1. The molecule has 1 heterocycles. The minimum absolute atomic E-state index is 0.0502. The third-order valence-corrected chi connectivity index (χ3v) is 4.47. The van der Waals surface area contributed by atoms with Gasteiger partial charge >= 0.3 is 0 Å². The van der Waals surface area contributed by atoms with E-state index in [1.165, 1.54) is 18.4 Å². The number of aliphatic hydroxyl groups excluding tert-OH is 1. The summed E-state index contributed by atoms with van der Waals surface area (Å²) in [7, 11) is 0. The summed E-state index contributed by atoms with van der Waals surface area (Å²) < 4.78 is 0. The molecule has 0 radical (unpaired) electrons.